The second-order valence-electron chi connectivity index (χ2n) is 3.61. The van der Waals surface area contributed by atoms with Gasteiger partial charge in [-0.3, -0.25) is 0 Å². The number of halogens is 4. The second kappa shape index (κ2) is 6.19. The zero-order valence-electron chi connectivity index (χ0n) is 9.73. The molecule has 1 aromatic heterocycles. The van der Waals surface area contributed by atoms with Crippen LogP contribution in [0, 0.1) is 6.92 Å². The molecule has 0 fully saturated rings. The minimum absolute atomic E-state index is 1.20. The fourth-order valence-electron chi connectivity index (χ4n) is 1.27. The zero-order chi connectivity index (χ0) is 13.6. The van der Waals surface area contributed by atoms with Crippen LogP contribution in [0.2, 0.25) is 0 Å². The van der Waals surface area contributed by atoms with E-state index in [4.69, 9.17) is 0 Å². The van der Waals surface area contributed by atoms with Gasteiger partial charge >= 0.3 is 7.25 Å². The number of aromatic nitrogens is 1. The lowest BCUT2D eigenvalue weighted by Crippen LogP contribution is -2.28. The van der Waals surface area contributed by atoms with Crippen LogP contribution in [-0.4, -0.2) is 7.25 Å². The highest BCUT2D eigenvalue weighted by molar-refractivity contribution is 6.50. The lowest BCUT2D eigenvalue weighted by atomic mass is 10.3. The highest BCUT2D eigenvalue weighted by atomic mass is 19.5. The maximum atomic E-state index is 9.75. The molecule has 0 saturated carbocycles. The summed E-state index contributed by atoms with van der Waals surface area (Å²) in [7, 11) is -6.00. The topological polar surface area (TPSA) is 3.88 Å². The van der Waals surface area contributed by atoms with Crippen molar-refractivity contribution in [2.45, 2.75) is 6.92 Å². The molecule has 2 aromatic rings. The minimum atomic E-state index is -6.00. The first-order valence-electron chi connectivity index (χ1n) is 5.27. The number of benzene rings is 1. The van der Waals surface area contributed by atoms with Gasteiger partial charge in [-0.15, -0.1) is 0 Å². The summed E-state index contributed by atoms with van der Waals surface area (Å²) in [6.07, 6.45) is 4.15. The third-order valence-corrected chi connectivity index (χ3v) is 2.05. The van der Waals surface area contributed by atoms with Gasteiger partial charge < -0.3 is 17.3 Å². The first-order chi connectivity index (χ1) is 8.36. The quantitative estimate of drug-likeness (QED) is 0.417. The van der Waals surface area contributed by atoms with Crippen LogP contribution in [0.15, 0.2) is 54.9 Å². The Morgan fingerprint density at radius 3 is 1.72 bits per heavy atom. The third kappa shape index (κ3) is 6.03. The van der Waals surface area contributed by atoms with Gasteiger partial charge in [-0.05, 0) is 12.5 Å². The molecule has 0 bridgehead atoms. The summed E-state index contributed by atoms with van der Waals surface area (Å²) >= 11 is 0. The molecule has 0 aliphatic heterocycles. The average Bonchev–Trinajstić information content (AvgIpc) is 2.29. The summed E-state index contributed by atoms with van der Waals surface area (Å²) in [5, 5.41) is 0. The monoisotopic (exact) mass is 257 g/mol. The second-order valence-corrected chi connectivity index (χ2v) is 3.61. The first-order valence-corrected chi connectivity index (χ1v) is 5.27. The molecule has 1 heterocycles. The number of para-hydroxylation sites is 1. The van der Waals surface area contributed by atoms with E-state index in [0.717, 1.165) is 0 Å². The Balaban J connectivity index is 0.000000280. The van der Waals surface area contributed by atoms with Crippen LogP contribution in [0.4, 0.5) is 17.3 Å². The molecule has 6 heteroatoms. The largest absolute Gasteiger partial charge is 0.673 e. The smallest absolute Gasteiger partial charge is 0.418 e. The van der Waals surface area contributed by atoms with E-state index in [0.29, 0.717) is 0 Å². The van der Waals surface area contributed by atoms with Crippen LogP contribution in [0.5, 0.6) is 0 Å². The van der Waals surface area contributed by atoms with Crippen molar-refractivity contribution >= 4 is 7.25 Å². The maximum absolute atomic E-state index is 9.75. The molecule has 96 valence electrons. The zero-order valence-corrected chi connectivity index (χ0v) is 9.73. The SMILES string of the molecule is Cc1cc[n+](-c2ccccc2)cc1.F[B-](F)(F)F. The number of aryl methyl sites for hydroxylation is 1. The summed E-state index contributed by atoms with van der Waals surface area (Å²) < 4.78 is 41.1. The molecule has 0 spiro atoms. The van der Waals surface area contributed by atoms with Crippen LogP contribution in [-0.2, 0) is 0 Å². The predicted molar refractivity (Wildman–Crippen MR) is 62.9 cm³/mol. The van der Waals surface area contributed by atoms with E-state index < -0.39 is 7.25 Å². The lowest BCUT2D eigenvalue weighted by molar-refractivity contribution is -0.595. The van der Waals surface area contributed by atoms with Gasteiger partial charge in [-0.25, -0.2) is 0 Å². The van der Waals surface area contributed by atoms with Gasteiger partial charge in [-0.2, -0.15) is 4.57 Å². The lowest BCUT2D eigenvalue weighted by Gasteiger charge is -1.94. The van der Waals surface area contributed by atoms with Crippen LogP contribution < -0.4 is 4.57 Å². The average molecular weight is 257 g/mol. The van der Waals surface area contributed by atoms with Crippen molar-refractivity contribution in [1.82, 2.24) is 0 Å². The van der Waals surface area contributed by atoms with Crippen molar-refractivity contribution in [1.29, 1.82) is 0 Å². The van der Waals surface area contributed by atoms with Gasteiger partial charge in [0.25, 0.3) is 0 Å². The molecule has 1 nitrogen and oxygen atoms in total. The van der Waals surface area contributed by atoms with Crippen molar-refractivity contribution in [3.63, 3.8) is 0 Å². The van der Waals surface area contributed by atoms with Gasteiger partial charge in [0.1, 0.15) is 0 Å². The van der Waals surface area contributed by atoms with Crippen LogP contribution >= 0.6 is 0 Å². The van der Waals surface area contributed by atoms with Gasteiger partial charge in [0, 0.05) is 24.3 Å². The van der Waals surface area contributed by atoms with E-state index in [2.05, 4.69) is 48.1 Å². The Labute approximate surface area is 103 Å². The first kappa shape index (κ1) is 14.2. The molecule has 18 heavy (non-hydrogen) atoms. The summed E-state index contributed by atoms with van der Waals surface area (Å²) in [5.41, 5.74) is 2.48. The van der Waals surface area contributed by atoms with E-state index in [1.54, 1.807) is 0 Å². The van der Waals surface area contributed by atoms with Crippen molar-refractivity contribution in [3.05, 3.63) is 60.4 Å². The number of pyridine rings is 1. The molecule has 0 radical (unpaired) electrons. The van der Waals surface area contributed by atoms with E-state index >= 15 is 0 Å². The Bertz CT molecular complexity index is 462. The molecule has 0 saturated heterocycles. The highest BCUT2D eigenvalue weighted by Gasteiger charge is 2.20. The number of hydrogen-bond acceptors (Lipinski definition) is 0. The number of hydrogen-bond donors (Lipinski definition) is 0. The van der Waals surface area contributed by atoms with Gasteiger partial charge in [-0.1, -0.05) is 18.2 Å². The van der Waals surface area contributed by atoms with Crippen molar-refractivity contribution in [2.75, 3.05) is 0 Å². The predicted octanol–water partition coefficient (Wildman–Crippen LogP) is 3.57. The Hall–Kier alpha value is -1.85. The van der Waals surface area contributed by atoms with Crippen molar-refractivity contribution in [3.8, 4) is 5.69 Å². The Morgan fingerprint density at radius 1 is 0.833 bits per heavy atom. The molecule has 0 N–H and O–H groups in total. The van der Waals surface area contributed by atoms with Crippen LogP contribution in [0.1, 0.15) is 5.56 Å². The fraction of sp³-hybridized carbons (Fsp3) is 0.0833. The molecule has 0 unspecified atom stereocenters. The summed E-state index contributed by atoms with van der Waals surface area (Å²) in [6.45, 7) is 2.09. The van der Waals surface area contributed by atoms with Crippen LogP contribution in [0.25, 0.3) is 5.69 Å². The van der Waals surface area contributed by atoms with Gasteiger partial charge in [0.05, 0.1) is 0 Å². The van der Waals surface area contributed by atoms with Gasteiger partial charge in [0.15, 0.2) is 12.4 Å². The van der Waals surface area contributed by atoms with Crippen LogP contribution in [0.3, 0.4) is 0 Å². The standard InChI is InChI=1S/C12H12N.BF4/c1-11-7-9-13(10-8-11)12-5-3-2-4-6-12;2-1(3,4)5/h2-10H,1H3;/q+1;-1. The molecule has 0 amide bonds. The molecular formula is C12H12BF4N. The minimum Gasteiger partial charge on any atom is -0.418 e. The van der Waals surface area contributed by atoms with E-state index in [1.807, 2.05) is 18.2 Å². The van der Waals surface area contributed by atoms with E-state index in [9.17, 15) is 17.3 Å². The molecule has 2 rings (SSSR count). The highest BCUT2D eigenvalue weighted by Crippen LogP contribution is 2.06. The molecule has 1 aromatic carbocycles. The summed E-state index contributed by atoms with van der Waals surface area (Å²) in [5.74, 6) is 0. The Kier molecular flexibility index (Phi) is 4.89. The normalized spacial score (nSPS) is 10.5. The van der Waals surface area contributed by atoms with E-state index in [-0.39, 0.29) is 0 Å². The van der Waals surface area contributed by atoms with Gasteiger partial charge in [0.2, 0.25) is 5.69 Å². The molecule has 0 atom stereocenters. The Morgan fingerprint density at radius 2 is 1.28 bits per heavy atom. The molecular weight excluding hydrogens is 245 g/mol. The number of nitrogens with zero attached hydrogens (tertiary/aromatic N) is 1. The van der Waals surface area contributed by atoms with E-state index in [1.165, 1.54) is 11.3 Å². The maximum Gasteiger partial charge on any atom is 0.673 e. The molecule has 0 aliphatic carbocycles. The summed E-state index contributed by atoms with van der Waals surface area (Å²) in [4.78, 5) is 0. The molecule has 0 aliphatic rings. The fourth-order valence-corrected chi connectivity index (χ4v) is 1.27. The summed E-state index contributed by atoms with van der Waals surface area (Å²) in [6, 6.07) is 14.5. The number of rotatable bonds is 1. The third-order valence-electron chi connectivity index (χ3n) is 2.05. The van der Waals surface area contributed by atoms with Crippen molar-refractivity contribution < 1.29 is 21.8 Å². The van der Waals surface area contributed by atoms with Crippen molar-refractivity contribution in [2.24, 2.45) is 0 Å².